The average Bonchev–Trinajstić information content (AvgIpc) is 2.49. The van der Waals surface area contributed by atoms with Crippen molar-refractivity contribution in [3.8, 4) is 0 Å². The first-order valence-corrected chi connectivity index (χ1v) is 7.05. The summed E-state index contributed by atoms with van der Waals surface area (Å²) in [5.74, 6) is -0.887. The van der Waals surface area contributed by atoms with Gasteiger partial charge in [0.1, 0.15) is 11.6 Å². The summed E-state index contributed by atoms with van der Waals surface area (Å²) in [6, 6.07) is 11.0. The molecule has 4 heteroatoms. The van der Waals surface area contributed by atoms with Gasteiger partial charge in [-0.25, -0.2) is 8.78 Å². The predicted molar refractivity (Wildman–Crippen MR) is 82.4 cm³/mol. The summed E-state index contributed by atoms with van der Waals surface area (Å²) in [6.45, 7) is 4.84. The highest BCUT2D eigenvalue weighted by Crippen LogP contribution is 2.28. The number of rotatable bonds is 5. The van der Waals surface area contributed by atoms with Crippen molar-refractivity contribution in [3.05, 3.63) is 65.2 Å². The van der Waals surface area contributed by atoms with E-state index in [0.717, 1.165) is 23.4 Å². The van der Waals surface area contributed by atoms with E-state index in [0.29, 0.717) is 12.1 Å². The second-order valence-electron chi connectivity index (χ2n) is 5.04. The van der Waals surface area contributed by atoms with Crippen molar-refractivity contribution in [3.63, 3.8) is 0 Å². The molecule has 0 spiro atoms. The highest BCUT2D eigenvalue weighted by atomic mass is 19.1. The normalized spacial score (nSPS) is 12.2. The van der Waals surface area contributed by atoms with E-state index < -0.39 is 17.7 Å². The summed E-state index contributed by atoms with van der Waals surface area (Å²) in [4.78, 5) is 1.98. The third-order valence-corrected chi connectivity index (χ3v) is 3.62. The highest BCUT2D eigenvalue weighted by Gasteiger charge is 2.22. The quantitative estimate of drug-likeness (QED) is 0.907. The fraction of sp³-hybridized carbons (Fsp3) is 0.294. The van der Waals surface area contributed by atoms with Crippen LogP contribution < -0.4 is 10.6 Å². The van der Waals surface area contributed by atoms with Crippen molar-refractivity contribution in [2.45, 2.75) is 19.9 Å². The lowest BCUT2D eigenvalue weighted by molar-refractivity contribution is 0.547. The monoisotopic (exact) mass is 290 g/mol. The molecule has 0 amide bonds. The van der Waals surface area contributed by atoms with Gasteiger partial charge in [0.2, 0.25) is 0 Å². The maximum Gasteiger partial charge on any atom is 0.128 e. The van der Waals surface area contributed by atoms with Crippen LogP contribution >= 0.6 is 0 Å². The molecule has 0 radical (unpaired) electrons. The molecule has 0 aliphatic heterocycles. The molecule has 0 heterocycles. The molecule has 1 atom stereocenters. The SMILES string of the molecule is CCN(c1ccc(C)cc1)C(CN)c1cc(F)ccc1F. The Morgan fingerprint density at radius 2 is 1.76 bits per heavy atom. The molecule has 0 saturated heterocycles. The largest absolute Gasteiger partial charge is 0.363 e. The van der Waals surface area contributed by atoms with E-state index in [-0.39, 0.29) is 6.54 Å². The molecule has 2 rings (SSSR count). The lowest BCUT2D eigenvalue weighted by Crippen LogP contribution is -2.34. The molecular formula is C17H20F2N2. The van der Waals surface area contributed by atoms with Crippen molar-refractivity contribution >= 4 is 5.69 Å². The van der Waals surface area contributed by atoms with E-state index in [1.165, 1.54) is 6.07 Å². The molecule has 2 aromatic carbocycles. The van der Waals surface area contributed by atoms with Crippen LogP contribution in [-0.4, -0.2) is 13.1 Å². The molecule has 2 aromatic rings. The smallest absolute Gasteiger partial charge is 0.128 e. The first-order valence-electron chi connectivity index (χ1n) is 7.05. The number of hydrogen-bond donors (Lipinski definition) is 1. The highest BCUT2D eigenvalue weighted by molar-refractivity contribution is 5.50. The van der Waals surface area contributed by atoms with E-state index in [9.17, 15) is 8.78 Å². The molecule has 0 aliphatic carbocycles. The van der Waals surface area contributed by atoms with Gasteiger partial charge in [-0.1, -0.05) is 17.7 Å². The fourth-order valence-electron chi connectivity index (χ4n) is 2.51. The molecule has 0 bridgehead atoms. The van der Waals surface area contributed by atoms with Crippen LogP contribution in [-0.2, 0) is 0 Å². The molecule has 0 fully saturated rings. The van der Waals surface area contributed by atoms with Crippen molar-refractivity contribution in [2.75, 3.05) is 18.0 Å². The van der Waals surface area contributed by atoms with Crippen LogP contribution in [0.3, 0.4) is 0 Å². The third-order valence-electron chi connectivity index (χ3n) is 3.62. The van der Waals surface area contributed by atoms with Crippen LogP contribution in [0.1, 0.15) is 24.1 Å². The molecule has 0 saturated carbocycles. The van der Waals surface area contributed by atoms with Gasteiger partial charge in [0, 0.05) is 24.3 Å². The average molecular weight is 290 g/mol. The van der Waals surface area contributed by atoms with Gasteiger partial charge in [0.25, 0.3) is 0 Å². The lowest BCUT2D eigenvalue weighted by atomic mass is 10.0. The lowest BCUT2D eigenvalue weighted by Gasteiger charge is -2.32. The summed E-state index contributed by atoms with van der Waals surface area (Å²) >= 11 is 0. The minimum Gasteiger partial charge on any atom is -0.363 e. The number of likely N-dealkylation sites (N-methyl/N-ethyl adjacent to an activating group) is 1. The number of nitrogens with two attached hydrogens (primary N) is 1. The Morgan fingerprint density at radius 3 is 2.33 bits per heavy atom. The zero-order valence-electron chi connectivity index (χ0n) is 12.3. The van der Waals surface area contributed by atoms with Gasteiger partial charge in [-0.3, -0.25) is 0 Å². The van der Waals surface area contributed by atoms with E-state index >= 15 is 0 Å². The summed E-state index contributed by atoms with van der Waals surface area (Å²) in [6.07, 6.45) is 0. The van der Waals surface area contributed by atoms with Crippen LogP contribution in [0.2, 0.25) is 0 Å². The predicted octanol–water partition coefficient (Wildman–Crippen LogP) is 3.80. The number of aryl methyl sites for hydroxylation is 1. The topological polar surface area (TPSA) is 29.3 Å². The standard InChI is InChI=1S/C17H20F2N2/c1-3-21(14-7-4-12(2)5-8-14)17(11-20)15-10-13(18)6-9-16(15)19/h4-10,17H,3,11,20H2,1-2H3. The van der Waals surface area contributed by atoms with Gasteiger partial charge >= 0.3 is 0 Å². The molecule has 1 unspecified atom stereocenters. The summed E-state index contributed by atoms with van der Waals surface area (Å²) < 4.78 is 27.5. The maximum atomic E-state index is 14.0. The summed E-state index contributed by atoms with van der Waals surface area (Å²) in [5, 5.41) is 0. The van der Waals surface area contributed by atoms with Gasteiger partial charge in [-0.05, 0) is 44.2 Å². The minimum atomic E-state index is -0.454. The first kappa shape index (κ1) is 15.4. The maximum absolute atomic E-state index is 14.0. The number of halogens is 2. The van der Waals surface area contributed by atoms with Crippen molar-refractivity contribution in [2.24, 2.45) is 5.73 Å². The van der Waals surface area contributed by atoms with E-state index in [2.05, 4.69) is 0 Å². The van der Waals surface area contributed by atoms with Crippen LogP contribution in [0, 0.1) is 18.6 Å². The van der Waals surface area contributed by atoms with Gasteiger partial charge in [0.05, 0.1) is 6.04 Å². The molecule has 0 aromatic heterocycles. The van der Waals surface area contributed by atoms with E-state index in [1.807, 2.05) is 43.0 Å². The number of benzene rings is 2. The Kier molecular flexibility index (Phi) is 4.91. The first-order chi connectivity index (χ1) is 10.1. The molecule has 2 N–H and O–H groups in total. The Morgan fingerprint density at radius 1 is 1.10 bits per heavy atom. The Bertz CT molecular complexity index is 596. The van der Waals surface area contributed by atoms with Gasteiger partial charge in [-0.2, -0.15) is 0 Å². The fourth-order valence-corrected chi connectivity index (χ4v) is 2.51. The Balaban J connectivity index is 2.42. The Hall–Kier alpha value is -1.94. The molecular weight excluding hydrogens is 270 g/mol. The second kappa shape index (κ2) is 6.68. The molecule has 112 valence electrons. The van der Waals surface area contributed by atoms with Gasteiger partial charge in [-0.15, -0.1) is 0 Å². The third kappa shape index (κ3) is 3.39. The zero-order chi connectivity index (χ0) is 15.4. The number of nitrogens with zero attached hydrogens (tertiary/aromatic N) is 1. The number of anilines is 1. The zero-order valence-corrected chi connectivity index (χ0v) is 12.3. The Labute approximate surface area is 124 Å². The summed E-state index contributed by atoms with van der Waals surface area (Å²) in [7, 11) is 0. The van der Waals surface area contributed by atoms with Crippen molar-refractivity contribution in [1.82, 2.24) is 0 Å². The van der Waals surface area contributed by atoms with Crippen LogP contribution in [0.4, 0.5) is 14.5 Å². The molecule has 2 nitrogen and oxygen atoms in total. The van der Waals surface area contributed by atoms with Crippen LogP contribution in [0.15, 0.2) is 42.5 Å². The van der Waals surface area contributed by atoms with Crippen molar-refractivity contribution < 1.29 is 8.78 Å². The molecule has 0 aliphatic rings. The van der Waals surface area contributed by atoms with E-state index in [1.54, 1.807) is 0 Å². The van der Waals surface area contributed by atoms with Gasteiger partial charge < -0.3 is 10.6 Å². The second-order valence-corrected chi connectivity index (χ2v) is 5.04. The minimum absolute atomic E-state index is 0.210. The van der Waals surface area contributed by atoms with Crippen LogP contribution in [0.25, 0.3) is 0 Å². The summed E-state index contributed by atoms with van der Waals surface area (Å²) in [5.41, 5.74) is 8.22. The van der Waals surface area contributed by atoms with Gasteiger partial charge in [0.15, 0.2) is 0 Å². The number of hydrogen-bond acceptors (Lipinski definition) is 2. The van der Waals surface area contributed by atoms with E-state index in [4.69, 9.17) is 5.73 Å². The molecule has 21 heavy (non-hydrogen) atoms. The van der Waals surface area contributed by atoms with Crippen LogP contribution in [0.5, 0.6) is 0 Å². The van der Waals surface area contributed by atoms with Crippen molar-refractivity contribution in [1.29, 1.82) is 0 Å².